The Morgan fingerprint density at radius 3 is 2.10 bits per heavy atom. The van der Waals surface area contributed by atoms with E-state index in [2.05, 4.69) is 19.2 Å². The molecule has 0 saturated carbocycles. The van der Waals surface area contributed by atoms with Gasteiger partial charge in [0, 0.05) is 13.7 Å². The zero-order valence-corrected chi connectivity index (χ0v) is 8.05. The van der Waals surface area contributed by atoms with Gasteiger partial charge >= 0.3 is 0 Å². The van der Waals surface area contributed by atoms with E-state index in [1.54, 1.807) is 7.11 Å². The van der Waals surface area contributed by atoms with Crippen LogP contribution in [0.1, 0.15) is 20.3 Å². The highest BCUT2D eigenvalue weighted by atomic mass is 35.5. The fourth-order valence-corrected chi connectivity index (χ4v) is 0.715. The third kappa shape index (κ3) is 4.09. The molecule has 3 heteroatoms. The Morgan fingerprint density at radius 2 is 2.00 bits per heavy atom. The molecule has 0 rings (SSSR count). The number of nitrogens with one attached hydrogen (secondary N) is 1. The highest BCUT2D eigenvalue weighted by molar-refractivity contribution is 5.85. The van der Waals surface area contributed by atoms with Gasteiger partial charge < -0.3 is 10.1 Å². The molecule has 0 aliphatic heterocycles. The van der Waals surface area contributed by atoms with Crippen LogP contribution in [0.15, 0.2) is 0 Å². The van der Waals surface area contributed by atoms with Gasteiger partial charge in [-0.25, -0.2) is 0 Å². The van der Waals surface area contributed by atoms with Crippen molar-refractivity contribution < 1.29 is 4.74 Å². The third-order valence-electron chi connectivity index (χ3n) is 1.79. The van der Waals surface area contributed by atoms with Crippen LogP contribution in [0, 0.1) is 0 Å². The summed E-state index contributed by atoms with van der Waals surface area (Å²) in [5, 5.41) is 3.09. The number of rotatable bonds is 4. The molecule has 0 radical (unpaired) electrons. The maximum absolute atomic E-state index is 5.26. The van der Waals surface area contributed by atoms with Crippen molar-refractivity contribution >= 4 is 12.4 Å². The average molecular weight is 168 g/mol. The van der Waals surface area contributed by atoms with Gasteiger partial charge in [0.05, 0.1) is 5.60 Å². The van der Waals surface area contributed by atoms with Crippen LogP contribution in [0.25, 0.3) is 0 Å². The summed E-state index contributed by atoms with van der Waals surface area (Å²) >= 11 is 0. The monoisotopic (exact) mass is 167 g/mol. The van der Waals surface area contributed by atoms with Crippen molar-refractivity contribution in [1.82, 2.24) is 5.32 Å². The number of ether oxygens (including phenoxy) is 1. The van der Waals surface area contributed by atoms with Gasteiger partial charge in [-0.15, -0.1) is 12.4 Å². The molecule has 0 aromatic heterocycles. The summed E-state index contributed by atoms with van der Waals surface area (Å²) in [6.07, 6.45) is 1.05. The molecule has 0 aromatic rings. The quantitative estimate of drug-likeness (QED) is 0.685. The van der Waals surface area contributed by atoms with Gasteiger partial charge in [0.25, 0.3) is 0 Å². The molecule has 0 amide bonds. The Balaban J connectivity index is 0. The number of halogens is 1. The van der Waals surface area contributed by atoms with Crippen molar-refractivity contribution in [3.05, 3.63) is 0 Å². The van der Waals surface area contributed by atoms with Gasteiger partial charge in [-0.2, -0.15) is 0 Å². The molecule has 0 saturated heterocycles. The summed E-state index contributed by atoms with van der Waals surface area (Å²) in [7, 11) is 3.69. The molecule has 0 aliphatic rings. The maximum Gasteiger partial charge on any atom is 0.0771 e. The number of hydrogen-bond acceptors (Lipinski definition) is 2. The van der Waals surface area contributed by atoms with Crippen LogP contribution in [0.3, 0.4) is 0 Å². The first-order valence-electron chi connectivity index (χ1n) is 3.38. The number of likely N-dealkylation sites (N-methyl/N-ethyl adjacent to an activating group) is 1. The second-order valence-electron chi connectivity index (χ2n) is 2.54. The summed E-state index contributed by atoms with van der Waals surface area (Å²) in [6.45, 7) is 5.14. The smallest absolute Gasteiger partial charge is 0.0771 e. The minimum atomic E-state index is 0. The molecule has 0 aromatic carbocycles. The highest BCUT2D eigenvalue weighted by Crippen LogP contribution is 2.11. The Labute approximate surface area is 69.7 Å². The van der Waals surface area contributed by atoms with E-state index in [1.165, 1.54) is 0 Å². The molecule has 1 unspecified atom stereocenters. The van der Waals surface area contributed by atoms with E-state index in [0.717, 1.165) is 13.0 Å². The predicted molar refractivity (Wildman–Crippen MR) is 46.9 cm³/mol. The third-order valence-corrected chi connectivity index (χ3v) is 1.79. The Kier molecular flexibility index (Phi) is 7.65. The van der Waals surface area contributed by atoms with Crippen molar-refractivity contribution in [3.8, 4) is 0 Å². The topological polar surface area (TPSA) is 21.3 Å². The standard InChI is InChI=1S/C7H17NO.ClH/c1-5-7(2,9-4)6-8-3;/h8H,5-6H2,1-4H3;1H. The van der Waals surface area contributed by atoms with Gasteiger partial charge in [0.2, 0.25) is 0 Å². The van der Waals surface area contributed by atoms with Crippen LogP contribution >= 0.6 is 12.4 Å². The van der Waals surface area contributed by atoms with Crippen LogP contribution in [0.2, 0.25) is 0 Å². The van der Waals surface area contributed by atoms with Crippen molar-refractivity contribution in [1.29, 1.82) is 0 Å². The molecule has 0 spiro atoms. The van der Waals surface area contributed by atoms with Crippen LogP contribution in [0.4, 0.5) is 0 Å². The fourth-order valence-electron chi connectivity index (χ4n) is 0.715. The van der Waals surface area contributed by atoms with E-state index >= 15 is 0 Å². The lowest BCUT2D eigenvalue weighted by Crippen LogP contribution is -2.37. The normalized spacial score (nSPS) is 15.6. The van der Waals surface area contributed by atoms with Crippen LogP contribution in [-0.4, -0.2) is 26.3 Å². The van der Waals surface area contributed by atoms with Crippen LogP contribution in [-0.2, 0) is 4.74 Å². The Bertz CT molecular complexity index is 74.0. The first-order chi connectivity index (χ1) is 4.18. The molecule has 0 aliphatic carbocycles. The summed E-state index contributed by atoms with van der Waals surface area (Å²) in [4.78, 5) is 0. The molecule has 1 N–H and O–H groups in total. The minimum absolute atomic E-state index is 0. The Morgan fingerprint density at radius 1 is 1.50 bits per heavy atom. The summed E-state index contributed by atoms with van der Waals surface area (Å²) < 4.78 is 5.26. The van der Waals surface area contributed by atoms with Gasteiger partial charge in [0.1, 0.15) is 0 Å². The Hall–Kier alpha value is 0.210. The van der Waals surface area contributed by atoms with E-state index in [1.807, 2.05) is 7.05 Å². The first kappa shape index (κ1) is 12.8. The van der Waals surface area contributed by atoms with Crippen molar-refractivity contribution in [2.45, 2.75) is 25.9 Å². The largest absolute Gasteiger partial charge is 0.377 e. The number of methoxy groups -OCH3 is 1. The number of hydrogen-bond donors (Lipinski definition) is 1. The molecule has 2 nitrogen and oxygen atoms in total. The minimum Gasteiger partial charge on any atom is -0.377 e. The molecule has 0 bridgehead atoms. The van der Waals surface area contributed by atoms with Crippen molar-refractivity contribution in [3.63, 3.8) is 0 Å². The zero-order chi connectivity index (χ0) is 7.33. The zero-order valence-electron chi connectivity index (χ0n) is 7.23. The molecular formula is C7H18ClNO. The average Bonchev–Trinajstić information content (AvgIpc) is 1.89. The van der Waals surface area contributed by atoms with Gasteiger partial charge in [0.15, 0.2) is 0 Å². The summed E-state index contributed by atoms with van der Waals surface area (Å²) in [5.74, 6) is 0. The van der Waals surface area contributed by atoms with Gasteiger partial charge in [-0.3, -0.25) is 0 Å². The van der Waals surface area contributed by atoms with Gasteiger partial charge in [-0.05, 0) is 20.4 Å². The predicted octanol–water partition coefficient (Wildman–Crippen LogP) is 1.44. The van der Waals surface area contributed by atoms with Gasteiger partial charge in [-0.1, -0.05) is 6.92 Å². The van der Waals surface area contributed by atoms with E-state index < -0.39 is 0 Å². The SMILES string of the molecule is CCC(C)(CNC)OC.Cl. The molecule has 0 heterocycles. The molecular weight excluding hydrogens is 150 g/mol. The lowest BCUT2D eigenvalue weighted by molar-refractivity contribution is 0.00521. The van der Waals surface area contributed by atoms with Crippen LogP contribution in [0.5, 0.6) is 0 Å². The van der Waals surface area contributed by atoms with E-state index in [9.17, 15) is 0 Å². The van der Waals surface area contributed by atoms with E-state index in [0.29, 0.717) is 0 Å². The maximum atomic E-state index is 5.26. The molecule has 1 atom stereocenters. The molecule has 0 fully saturated rings. The lowest BCUT2D eigenvalue weighted by atomic mass is 10.0. The van der Waals surface area contributed by atoms with Crippen LogP contribution < -0.4 is 5.32 Å². The second-order valence-corrected chi connectivity index (χ2v) is 2.54. The van der Waals surface area contributed by atoms with Crippen molar-refractivity contribution in [2.75, 3.05) is 20.7 Å². The van der Waals surface area contributed by atoms with E-state index in [4.69, 9.17) is 4.74 Å². The molecule has 10 heavy (non-hydrogen) atoms. The van der Waals surface area contributed by atoms with E-state index in [-0.39, 0.29) is 18.0 Å². The summed E-state index contributed by atoms with van der Waals surface area (Å²) in [6, 6.07) is 0. The first-order valence-corrected chi connectivity index (χ1v) is 3.38. The second kappa shape index (κ2) is 5.96. The van der Waals surface area contributed by atoms with Crippen molar-refractivity contribution in [2.24, 2.45) is 0 Å². The fraction of sp³-hybridized carbons (Fsp3) is 1.00. The molecule has 64 valence electrons. The highest BCUT2D eigenvalue weighted by Gasteiger charge is 2.18. The lowest BCUT2D eigenvalue weighted by Gasteiger charge is -2.25. The summed E-state index contributed by atoms with van der Waals surface area (Å²) in [5.41, 5.74) is 0.0226.